The minimum absolute atomic E-state index is 0.0360. The maximum atomic E-state index is 11.8. The van der Waals surface area contributed by atoms with Crippen molar-refractivity contribution < 1.29 is 14.5 Å². The highest BCUT2D eigenvalue weighted by atomic mass is 79.9. The first-order chi connectivity index (χ1) is 11.5. The molecule has 0 bridgehead atoms. The minimum atomic E-state index is -0.500. The number of amides is 1. The molecule has 1 aromatic carbocycles. The maximum Gasteiger partial charge on any atom is 0.277 e. The summed E-state index contributed by atoms with van der Waals surface area (Å²) in [5, 5.41) is 14.7. The van der Waals surface area contributed by atoms with E-state index in [-0.39, 0.29) is 12.3 Å². The molecule has 0 aliphatic heterocycles. The number of carbonyl (C=O) groups excluding carboxylic acids is 1. The topological polar surface area (TPSA) is 93.8 Å². The van der Waals surface area contributed by atoms with Crippen LogP contribution >= 0.6 is 27.3 Å². The number of hydrogen-bond acceptors (Lipinski definition) is 6. The van der Waals surface area contributed by atoms with Crippen LogP contribution < -0.4 is 10.2 Å². The van der Waals surface area contributed by atoms with Gasteiger partial charge in [-0.3, -0.25) is 14.9 Å². The molecule has 0 fully saturated rings. The SMILES string of the molecule is CCC(=NNC(=O)COc1ccc([N+](=O)[O-])cc1)c1ccc(Br)s1. The number of benzene rings is 1. The predicted molar refractivity (Wildman–Crippen MR) is 95.6 cm³/mol. The second-order valence-corrected chi connectivity index (χ2v) is 7.05. The van der Waals surface area contributed by atoms with Gasteiger partial charge in [0.25, 0.3) is 11.6 Å². The highest BCUT2D eigenvalue weighted by Crippen LogP contribution is 2.23. The number of hydrogen-bond donors (Lipinski definition) is 1. The summed E-state index contributed by atoms with van der Waals surface area (Å²) in [6, 6.07) is 9.36. The number of ether oxygens (including phenoxy) is 1. The summed E-state index contributed by atoms with van der Waals surface area (Å²) >= 11 is 4.92. The van der Waals surface area contributed by atoms with Gasteiger partial charge in [-0.2, -0.15) is 5.10 Å². The summed E-state index contributed by atoms with van der Waals surface area (Å²) in [6.07, 6.45) is 0.677. The average Bonchev–Trinajstić information content (AvgIpc) is 3.00. The van der Waals surface area contributed by atoms with Crippen LogP contribution in [0.2, 0.25) is 0 Å². The van der Waals surface area contributed by atoms with Crippen molar-refractivity contribution >= 4 is 44.6 Å². The molecular formula is C15H14BrN3O4S. The molecule has 7 nitrogen and oxygen atoms in total. The smallest absolute Gasteiger partial charge is 0.277 e. The molecule has 126 valence electrons. The highest BCUT2D eigenvalue weighted by Gasteiger charge is 2.08. The number of nitro benzene ring substituents is 1. The van der Waals surface area contributed by atoms with Crippen molar-refractivity contribution in [2.24, 2.45) is 5.10 Å². The summed E-state index contributed by atoms with van der Waals surface area (Å²) in [5.41, 5.74) is 3.18. The lowest BCUT2D eigenvalue weighted by atomic mass is 10.2. The molecule has 0 saturated carbocycles. The number of nitro groups is 1. The Kier molecular flexibility index (Phi) is 6.44. The molecule has 9 heteroatoms. The first-order valence-electron chi connectivity index (χ1n) is 6.98. The van der Waals surface area contributed by atoms with E-state index in [0.717, 1.165) is 14.4 Å². The van der Waals surface area contributed by atoms with E-state index >= 15 is 0 Å². The van der Waals surface area contributed by atoms with Gasteiger partial charge in [0.15, 0.2) is 6.61 Å². The van der Waals surface area contributed by atoms with Crippen LogP contribution in [0, 0.1) is 10.1 Å². The van der Waals surface area contributed by atoms with Crippen LogP contribution in [0.15, 0.2) is 45.3 Å². The number of carbonyl (C=O) groups is 1. The van der Waals surface area contributed by atoms with Crippen LogP contribution in [-0.2, 0) is 4.79 Å². The quantitative estimate of drug-likeness (QED) is 0.426. The zero-order valence-electron chi connectivity index (χ0n) is 12.7. The molecule has 2 rings (SSSR count). The Morgan fingerprint density at radius 1 is 1.33 bits per heavy atom. The fraction of sp³-hybridized carbons (Fsp3) is 0.200. The third kappa shape index (κ3) is 5.14. The van der Waals surface area contributed by atoms with Gasteiger partial charge in [0.05, 0.1) is 19.3 Å². The standard InChI is InChI=1S/C15H14BrN3O4S/c1-2-12(13-7-8-14(16)24-13)17-18-15(20)9-23-11-5-3-10(4-6-11)19(21)22/h3-8H,2,9H2,1H3,(H,18,20). The van der Waals surface area contributed by atoms with Gasteiger partial charge in [-0.05, 0) is 46.6 Å². The van der Waals surface area contributed by atoms with E-state index in [0.29, 0.717) is 12.2 Å². The molecule has 2 aromatic rings. The number of nitrogens with zero attached hydrogens (tertiary/aromatic N) is 2. The number of thiophene rings is 1. The number of halogens is 1. The summed E-state index contributed by atoms with van der Waals surface area (Å²) in [7, 11) is 0. The Hall–Kier alpha value is -2.26. The van der Waals surface area contributed by atoms with Crippen LogP contribution in [0.25, 0.3) is 0 Å². The molecule has 1 heterocycles. The van der Waals surface area contributed by atoms with Crippen molar-refractivity contribution in [2.45, 2.75) is 13.3 Å². The Labute approximate surface area is 150 Å². The van der Waals surface area contributed by atoms with Crippen molar-refractivity contribution in [3.8, 4) is 5.75 Å². The third-order valence-corrected chi connectivity index (χ3v) is 4.60. The van der Waals surface area contributed by atoms with Gasteiger partial charge in [0.1, 0.15) is 5.75 Å². The van der Waals surface area contributed by atoms with Crippen LogP contribution in [0.4, 0.5) is 5.69 Å². The zero-order chi connectivity index (χ0) is 17.5. The van der Waals surface area contributed by atoms with Crippen molar-refractivity contribution in [3.63, 3.8) is 0 Å². The number of rotatable bonds is 7. The number of hydrazone groups is 1. The van der Waals surface area contributed by atoms with Crippen LogP contribution in [0.1, 0.15) is 18.2 Å². The van der Waals surface area contributed by atoms with Crippen molar-refractivity contribution in [2.75, 3.05) is 6.61 Å². The molecule has 0 saturated heterocycles. The summed E-state index contributed by atoms with van der Waals surface area (Å²) < 4.78 is 6.26. The van der Waals surface area contributed by atoms with Crippen molar-refractivity contribution in [3.05, 3.63) is 55.2 Å². The van der Waals surface area contributed by atoms with E-state index in [2.05, 4.69) is 26.5 Å². The maximum absolute atomic E-state index is 11.8. The van der Waals surface area contributed by atoms with Gasteiger partial charge in [-0.25, -0.2) is 5.43 Å². The summed E-state index contributed by atoms with van der Waals surface area (Å²) in [6.45, 7) is 1.72. The lowest BCUT2D eigenvalue weighted by molar-refractivity contribution is -0.384. The van der Waals surface area contributed by atoms with Crippen molar-refractivity contribution in [1.82, 2.24) is 5.43 Å². The molecule has 0 radical (unpaired) electrons. The van der Waals surface area contributed by atoms with E-state index in [1.54, 1.807) is 0 Å². The lowest BCUT2D eigenvalue weighted by Crippen LogP contribution is -2.25. The molecule has 0 spiro atoms. The van der Waals surface area contributed by atoms with Gasteiger partial charge >= 0.3 is 0 Å². The first-order valence-corrected chi connectivity index (χ1v) is 8.59. The van der Waals surface area contributed by atoms with E-state index in [4.69, 9.17) is 4.74 Å². The van der Waals surface area contributed by atoms with E-state index in [1.807, 2.05) is 19.1 Å². The molecule has 0 aliphatic rings. The second kappa shape index (κ2) is 8.55. The van der Waals surface area contributed by atoms with Gasteiger partial charge < -0.3 is 4.74 Å². The second-order valence-electron chi connectivity index (χ2n) is 4.59. The van der Waals surface area contributed by atoms with Crippen LogP contribution in [0.5, 0.6) is 5.75 Å². The minimum Gasteiger partial charge on any atom is -0.484 e. The van der Waals surface area contributed by atoms with Gasteiger partial charge in [-0.15, -0.1) is 11.3 Å². The lowest BCUT2D eigenvalue weighted by Gasteiger charge is -2.06. The fourth-order valence-electron chi connectivity index (χ4n) is 1.75. The molecule has 0 aliphatic carbocycles. The Morgan fingerprint density at radius 2 is 2.04 bits per heavy atom. The fourth-order valence-corrected chi connectivity index (χ4v) is 3.20. The zero-order valence-corrected chi connectivity index (χ0v) is 15.1. The summed E-state index contributed by atoms with van der Waals surface area (Å²) in [4.78, 5) is 22.8. The van der Waals surface area contributed by atoms with E-state index in [9.17, 15) is 14.9 Å². The third-order valence-electron chi connectivity index (χ3n) is 2.93. The summed E-state index contributed by atoms with van der Waals surface area (Å²) in [5.74, 6) is -0.0347. The highest BCUT2D eigenvalue weighted by molar-refractivity contribution is 9.11. The largest absolute Gasteiger partial charge is 0.484 e. The Morgan fingerprint density at radius 3 is 2.58 bits per heavy atom. The Bertz CT molecular complexity index is 758. The van der Waals surface area contributed by atoms with Gasteiger partial charge in [-0.1, -0.05) is 6.92 Å². The van der Waals surface area contributed by atoms with Crippen LogP contribution in [-0.4, -0.2) is 23.1 Å². The number of nitrogens with one attached hydrogen (secondary N) is 1. The Balaban J connectivity index is 1.88. The average molecular weight is 412 g/mol. The molecule has 24 heavy (non-hydrogen) atoms. The number of non-ortho nitro benzene ring substituents is 1. The molecule has 1 N–H and O–H groups in total. The molecular weight excluding hydrogens is 398 g/mol. The molecule has 1 amide bonds. The predicted octanol–water partition coefficient (Wildman–Crippen LogP) is 3.73. The molecule has 0 unspecified atom stereocenters. The van der Waals surface area contributed by atoms with Gasteiger partial charge in [0, 0.05) is 12.1 Å². The van der Waals surface area contributed by atoms with Crippen LogP contribution in [0.3, 0.4) is 0 Å². The molecule has 0 atom stereocenters. The first kappa shape index (κ1) is 18.1. The van der Waals surface area contributed by atoms with E-state index < -0.39 is 10.8 Å². The monoisotopic (exact) mass is 411 g/mol. The normalized spacial score (nSPS) is 11.2. The van der Waals surface area contributed by atoms with Gasteiger partial charge in [0.2, 0.25) is 0 Å². The van der Waals surface area contributed by atoms with Crippen molar-refractivity contribution in [1.29, 1.82) is 0 Å². The van der Waals surface area contributed by atoms with E-state index in [1.165, 1.54) is 35.6 Å². The molecule has 1 aromatic heterocycles.